The lowest BCUT2D eigenvalue weighted by molar-refractivity contribution is 0.0950. The minimum atomic E-state index is -0.160. The maximum Gasteiger partial charge on any atom is 0.251 e. The Balaban J connectivity index is 1.61. The van der Waals surface area contributed by atoms with Crippen molar-refractivity contribution in [3.05, 3.63) is 58.5 Å². The van der Waals surface area contributed by atoms with E-state index in [2.05, 4.69) is 15.6 Å². The number of thiophene rings is 1. The van der Waals surface area contributed by atoms with Crippen molar-refractivity contribution in [1.29, 1.82) is 0 Å². The van der Waals surface area contributed by atoms with Crippen molar-refractivity contribution in [2.75, 3.05) is 7.11 Å². The van der Waals surface area contributed by atoms with Gasteiger partial charge >= 0.3 is 0 Å². The molecule has 2 aromatic heterocycles. The molecule has 0 bridgehead atoms. The van der Waals surface area contributed by atoms with Crippen molar-refractivity contribution >= 4 is 17.2 Å². The van der Waals surface area contributed by atoms with E-state index in [0.29, 0.717) is 17.8 Å². The van der Waals surface area contributed by atoms with Crippen molar-refractivity contribution in [2.45, 2.75) is 6.54 Å². The largest absolute Gasteiger partial charge is 0.497 e. The number of nitrogens with zero attached hydrogens (tertiary/aromatic N) is 3. The number of aromatic nitrogens is 3. The van der Waals surface area contributed by atoms with Crippen LogP contribution in [0.2, 0.25) is 0 Å². The molecule has 3 aromatic rings. The van der Waals surface area contributed by atoms with Crippen LogP contribution in [0.25, 0.3) is 5.69 Å². The Morgan fingerprint density at radius 2 is 2.14 bits per heavy atom. The fraction of sp³-hybridized carbons (Fsp3) is 0.133. The maximum atomic E-state index is 12.0. The van der Waals surface area contributed by atoms with Crippen molar-refractivity contribution in [3.8, 4) is 11.4 Å². The predicted molar refractivity (Wildman–Crippen MR) is 83.4 cm³/mol. The Morgan fingerprint density at radius 1 is 1.32 bits per heavy atom. The Bertz CT molecular complexity index is 750. The molecule has 0 aliphatic rings. The van der Waals surface area contributed by atoms with E-state index >= 15 is 0 Å². The molecule has 6 nitrogen and oxygen atoms in total. The number of amides is 1. The molecule has 0 fully saturated rings. The molecule has 2 heterocycles. The second-order valence-electron chi connectivity index (χ2n) is 4.55. The van der Waals surface area contributed by atoms with E-state index in [1.165, 1.54) is 0 Å². The van der Waals surface area contributed by atoms with Gasteiger partial charge in [-0.25, -0.2) is 4.68 Å². The first-order valence-electron chi connectivity index (χ1n) is 6.62. The SMILES string of the molecule is COc1ccc(C(=O)NCc2cn(-c3ccsc3)nn2)cc1. The predicted octanol–water partition coefficient (Wildman–Crippen LogP) is 2.27. The Morgan fingerprint density at radius 3 is 2.82 bits per heavy atom. The highest BCUT2D eigenvalue weighted by atomic mass is 32.1. The Hall–Kier alpha value is -2.67. The van der Waals surface area contributed by atoms with E-state index in [-0.39, 0.29) is 5.91 Å². The second kappa shape index (κ2) is 6.40. The molecule has 0 saturated heterocycles. The number of nitrogens with one attached hydrogen (secondary N) is 1. The van der Waals surface area contributed by atoms with Gasteiger partial charge in [-0.1, -0.05) is 5.21 Å². The van der Waals surface area contributed by atoms with Crippen molar-refractivity contribution < 1.29 is 9.53 Å². The zero-order valence-electron chi connectivity index (χ0n) is 11.9. The minimum Gasteiger partial charge on any atom is -0.497 e. The topological polar surface area (TPSA) is 69.0 Å². The summed E-state index contributed by atoms with van der Waals surface area (Å²) in [5.74, 6) is 0.558. The number of hydrogen-bond acceptors (Lipinski definition) is 5. The molecule has 7 heteroatoms. The summed E-state index contributed by atoms with van der Waals surface area (Å²) in [7, 11) is 1.59. The van der Waals surface area contributed by atoms with Crippen LogP contribution in [0.5, 0.6) is 5.75 Å². The fourth-order valence-corrected chi connectivity index (χ4v) is 2.53. The van der Waals surface area contributed by atoms with Crippen LogP contribution in [0.15, 0.2) is 47.3 Å². The zero-order valence-corrected chi connectivity index (χ0v) is 12.7. The van der Waals surface area contributed by atoms with E-state index in [4.69, 9.17) is 4.74 Å². The quantitative estimate of drug-likeness (QED) is 0.784. The van der Waals surface area contributed by atoms with E-state index in [1.54, 1.807) is 53.6 Å². The molecule has 0 spiro atoms. The minimum absolute atomic E-state index is 0.160. The van der Waals surface area contributed by atoms with Gasteiger partial charge in [0.1, 0.15) is 11.4 Å². The van der Waals surface area contributed by atoms with Gasteiger partial charge in [0, 0.05) is 10.9 Å². The highest BCUT2D eigenvalue weighted by molar-refractivity contribution is 7.08. The smallest absolute Gasteiger partial charge is 0.251 e. The average Bonchev–Trinajstić information content (AvgIpc) is 3.23. The molecular formula is C15H14N4O2S. The number of ether oxygens (including phenoxy) is 1. The summed E-state index contributed by atoms with van der Waals surface area (Å²) in [5, 5.41) is 14.9. The summed E-state index contributed by atoms with van der Waals surface area (Å²) in [5.41, 5.74) is 2.24. The summed E-state index contributed by atoms with van der Waals surface area (Å²) in [6.07, 6.45) is 1.80. The van der Waals surface area contributed by atoms with Crippen LogP contribution in [0.1, 0.15) is 16.1 Å². The standard InChI is InChI=1S/C15H14N4O2S/c1-21-14-4-2-11(3-5-14)15(20)16-8-12-9-19(18-17-12)13-6-7-22-10-13/h2-7,9-10H,8H2,1H3,(H,16,20). The van der Waals surface area contributed by atoms with E-state index in [0.717, 1.165) is 11.4 Å². The number of hydrogen-bond donors (Lipinski definition) is 1. The first-order chi connectivity index (χ1) is 10.8. The molecule has 0 aliphatic carbocycles. The molecule has 0 aliphatic heterocycles. The fourth-order valence-electron chi connectivity index (χ4n) is 1.91. The maximum absolute atomic E-state index is 12.0. The normalized spacial score (nSPS) is 10.4. The summed E-state index contributed by atoms with van der Waals surface area (Å²) >= 11 is 1.59. The van der Waals surface area contributed by atoms with Crippen molar-refractivity contribution in [3.63, 3.8) is 0 Å². The summed E-state index contributed by atoms with van der Waals surface area (Å²) in [4.78, 5) is 12.0. The molecule has 1 amide bonds. The number of methoxy groups -OCH3 is 1. The monoisotopic (exact) mass is 314 g/mol. The highest BCUT2D eigenvalue weighted by Gasteiger charge is 2.08. The molecule has 3 rings (SSSR count). The molecule has 0 saturated carbocycles. The van der Waals surface area contributed by atoms with Gasteiger partial charge in [0.15, 0.2) is 0 Å². The van der Waals surface area contributed by atoms with E-state index < -0.39 is 0 Å². The van der Waals surface area contributed by atoms with Gasteiger partial charge in [-0.05, 0) is 35.7 Å². The van der Waals surface area contributed by atoms with Gasteiger partial charge in [0.25, 0.3) is 5.91 Å². The zero-order chi connectivity index (χ0) is 15.4. The van der Waals surface area contributed by atoms with Crippen molar-refractivity contribution in [1.82, 2.24) is 20.3 Å². The molecule has 112 valence electrons. The number of carbonyl (C=O) groups is 1. The van der Waals surface area contributed by atoms with Crippen LogP contribution in [0.3, 0.4) is 0 Å². The van der Waals surface area contributed by atoms with Crippen LogP contribution in [-0.2, 0) is 6.54 Å². The molecule has 22 heavy (non-hydrogen) atoms. The van der Waals surface area contributed by atoms with E-state index in [9.17, 15) is 4.79 Å². The molecular weight excluding hydrogens is 300 g/mol. The Labute approximate surface area is 131 Å². The van der Waals surface area contributed by atoms with Gasteiger partial charge in [-0.2, -0.15) is 11.3 Å². The summed E-state index contributed by atoms with van der Waals surface area (Å²) in [6, 6.07) is 8.90. The number of benzene rings is 1. The van der Waals surface area contributed by atoms with Gasteiger partial charge in [-0.3, -0.25) is 4.79 Å². The molecule has 0 atom stereocenters. The number of carbonyl (C=O) groups excluding carboxylic acids is 1. The first kappa shape index (κ1) is 14.3. The van der Waals surface area contributed by atoms with Crippen LogP contribution in [-0.4, -0.2) is 28.0 Å². The second-order valence-corrected chi connectivity index (χ2v) is 5.33. The van der Waals surface area contributed by atoms with Crippen LogP contribution in [0.4, 0.5) is 0 Å². The van der Waals surface area contributed by atoms with Gasteiger partial charge in [-0.15, -0.1) is 5.10 Å². The molecule has 0 radical (unpaired) electrons. The molecule has 1 N–H and O–H groups in total. The van der Waals surface area contributed by atoms with Crippen molar-refractivity contribution in [2.24, 2.45) is 0 Å². The van der Waals surface area contributed by atoms with Gasteiger partial charge < -0.3 is 10.1 Å². The van der Waals surface area contributed by atoms with Crippen LogP contribution in [0, 0.1) is 0 Å². The molecule has 0 unspecified atom stereocenters. The first-order valence-corrected chi connectivity index (χ1v) is 7.56. The lowest BCUT2D eigenvalue weighted by atomic mass is 10.2. The summed E-state index contributed by atoms with van der Waals surface area (Å²) in [6.45, 7) is 0.328. The third-order valence-corrected chi connectivity index (χ3v) is 3.76. The third-order valence-electron chi connectivity index (χ3n) is 3.09. The summed E-state index contributed by atoms with van der Waals surface area (Å²) < 4.78 is 6.75. The van der Waals surface area contributed by atoms with Crippen LogP contribution >= 0.6 is 11.3 Å². The number of rotatable bonds is 5. The Kier molecular flexibility index (Phi) is 4.15. The third kappa shape index (κ3) is 3.15. The van der Waals surface area contributed by atoms with Gasteiger partial charge in [0.2, 0.25) is 0 Å². The lowest BCUT2D eigenvalue weighted by Crippen LogP contribution is -2.22. The lowest BCUT2D eigenvalue weighted by Gasteiger charge is -2.04. The van der Waals surface area contributed by atoms with Gasteiger partial charge in [0.05, 0.1) is 25.5 Å². The highest BCUT2D eigenvalue weighted by Crippen LogP contribution is 2.12. The van der Waals surface area contributed by atoms with Crippen LogP contribution < -0.4 is 10.1 Å². The average molecular weight is 314 g/mol. The molecule has 1 aromatic carbocycles. The van der Waals surface area contributed by atoms with E-state index in [1.807, 2.05) is 16.8 Å².